The fourth-order valence-electron chi connectivity index (χ4n) is 3.08. The van der Waals surface area contributed by atoms with E-state index in [1.54, 1.807) is 18.4 Å². The van der Waals surface area contributed by atoms with E-state index < -0.39 is 0 Å². The molecule has 0 saturated carbocycles. The van der Waals surface area contributed by atoms with Crippen LogP contribution >= 0.6 is 11.3 Å². The molecule has 0 radical (unpaired) electrons. The van der Waals surface area contributed by atoms with Gasteiger partial charge in [0.1, 0.15) is 0 Å². The minimum absolute atomic E-state index is 0.212. The predicted octanol–water partition coefficient (Wildman–Crippen LogP) is 3.63. The summed E-state index contributed by atoms with van der Waals surface area (Å²) in [5.41, 5.74) is 0. The van der Waals surface area contributed by atoms with E-state index in [1.165, 1.54) is 11.3 Å². The second-order valence-corrected chi connectivity index (χ2v) is 6.80. The minimum atomic E-state index is 0.212. The topological polar surface area (TPSA) is 72.4 Å². The van der Waals surface area contributed by atoms with Crippen LogP contribution in [0.25, 0.3) is 11.7 Å². The lowest BCUT2D eigenvalue weighted by Crippen LogP contribution is -2.31. The molecule has 1 fully saturated rings. The average Bonchev–Trinajstić information content (AvgIpc) is 3.37. The van der Waals surface area contributed by atoms with Gasteiger partial charge in [0, 0.05) is 12.5 Å². The van der Waals surface area contributed by atoms with E-state index in [0.29, 0.717) is 30.5 Å². The van der Waals surface area contributed by atoms with Gasteiger partial charge >= 0.3 is 0 Å². The molecule has 0 spiro atoms. The fourth-order valence-corrected chi connectivity index (χ4v) is 3.75. The Kier molecular flexibility index (Phi) is 4.27. The fraction of sp³-hybridized carbons (Fsp3) is 0.353. The number of thiophene rings is 1. The second kappa shape index (κ2) is 6.70. The zero-order valence-corrected chi connectivity index (χ0v) is 13.9. The van der Waals surface area contributed by atoms with Gasteiger partial charge in [-0.3, -0.25) is 9.69 Å². The first-order valence-corrected chi connectivity index (χ1v) is 8.84. The number of aromatic nitrogens is 2. The van der Waals surface area contributed by atoms with Gasteiger partial charge in [0.2, 0.25) is 5.89 Å². The number of furan rings is 1. The van der Waals surface area contributed by atoms with Crippen LogP contribution in [0, 0.1) is 0 Å². The molecule has 1 aliphatic rings. The van der Waals surface area contributed by atoms with Gasteiger partial charge in [-0.2, -0.15) is 0 Å². The van der Waals surface area contributed by atoms with Gasteiger partial charge in [0.15, 0.2) is 11.5 Å². The van der Waals surface area contributed by atoms with E-state index in [1.807, 2.05) is 17.5 Å². The van der Waals surface area contributed by atoms with Crippen LogP contribution in [0.3, 0.4) is 0 Å². The first kappa shape index (κ1) is 15.3. The Balaban J connectivity index is 1.41. The number of rotatable bonds is 6. The van der Waals surface area contributed by atoms with Crippen molar-refractivity contribution in [2.45, 2.75) is 31.8 Å². The van der Waals surface area contributed by atoms with Crippen LogP contribution in [0.4, 0.5) is 0 Å². The molecule has 0 N–H and O–H groups in total. The average molecular weight is 343 g/mol. The van der Waals surface area contributed by atoms with E-state index in [0.717, 1.165) is 24.3 Å². The van der Waals surface area contributed by atoms with Crippen LogP contribution in [0.1, 0.15) is 34.8 Å². The Morgan fingerprint density at radius 1 is 1.33 bits per heavy atom. The number of carbonyl (C=O) groups excluding carboxylic acids is 1. The Morgan fingerprint density at radius 3 is 3.08 bits per heavy atom. The molecule has 7 heteroatoms. The number of carbonyl (C=O) groups is 1. The minimum Gasteiger partial charge on any atom is -0.459 e. The van der Waals surface area contributed by atoms with Crippen LogP contribution in [0.2, 0.25) is 0 Å². The molecule has 1 atom stereocenters. The molecule has 1 saturated heterocycles. The molecule has 3 aromatic heterocycles. The molecule has 4 heterocycles. The molecule has 3 aromatic rings. The third-order valence-electron chi connectivity index (χ3n) is 4.25. The molecule has 0 bridgehead atoms. The number of hydrogen-bond donors (Lipinski definition) is 0. The molecule has 24 heavy (non-hydrogen) atoms. The highest BCUT2D eigenvalue weighted by Gasteiger charge is 2.28. The standard InChI is InChI=1S/C17H17N3O3S/c21-13(15-6-3-9-24-15)10-12-4-1-7-20(12)11-16-18-19-17(23-16)14-5-2-8-22-14/h2-3,5-6,8-9,12H,1,4,7,10-11H2. The summed E-state index contributed by atoms with van der Waals surface area (Å²) in [4.78, 5) is 15.4. The van der Waals surface area contributed by atoms with Crippen molar-refractivity contribution in [2.75, 3.05) is 6.54 Å². The van der Waals surface area contributed by atoms with E-state index in [-0.39, 0.29) is 11.8 Å². The maximum absolute atomic E-state index is 12.3. The van der Waals surface area contributed by atoms with Crippen LogP contribution < -0.4 is 0 Å². The van der Waals surface area contributed by atoms with Gasteiger partial charge in [-0.05, 0) is 43.0 Å². The summed E-state index contributed by atoms with van der Waals surface area (Å²) in [6.07, 6.45) is 4.23. The van der Waals surface area contributed by atoms with Gasteiger partial charge in [-0.15, -0.1) is 21.5 Å². The molecule has 0 amide bonds. The Labute approximate surface area is 143 Å². The molecule has 0 aliphatic carbocycles. The lowest BCUT2D eigenvalue weighted by atomic mass is 10.1. The van der Waals surface area contributed by atoms with Gasteiger partial charge in [-0.25, -0.2) is 0 Å². The van der Waals surface area contributed by atoms with Crippen molar-refractivity contribution >= 4 is 17.1 Å². The summed E-state index contributed by atoms with van der Waals surface area (Å²) in [6.45, 7) is 1.51. The summed E-state index contributed by atoms with van der Waals surface area (Å²) in [5.74, 6) is 1.72. The number of likely N-dealkylation sites (tertiary alicyclic amines) is 1. The molecule has 1 aliphatic heterocycles. The first-order valence-electron chi connectivity index (χ1n) is 7.96. The maximum Gasteiger partial charge on any atom is 0.283 e. The zero-order chi connectivity index (χ0) is 16.4. The largest absolute Gasteiger partial charge is 0.459 e. The number of ketones is 1. The van der Waals surface area contributed by atoms with Gasteiger partial charge in [-0.1, -0.05) is 6.07 Å². The highest BCUT2D eigenvalue weighted by molar-refractivity contribution is 7.12. The van der Waals surface area contributed by atoms with Crippen LogP contribution in [0.5, 0.6) is 0 Å². The van der Waals surface area contributed by atoms with E-state index >= 15 is 0 Å². The van der Waals surface area contributed by atoms with Crippen molar-refractivity contribution in [3.63, 3.8) is 0 Å². The zero-order valence-electron chi connectivity index (χ0n) is 13.1. The lowest BCUT2D eigenvalue weighted by molar-refractivity contribution is 0.0938. The van der Waals surface area contributed by atoms with Crippen LogP contribution in [-0.4, -0.2) is 33.5 Å². The third kappa shape index (κ3) is 3.18. The summed E-state index contributed by atoms with van der Waals surface area (Å²) in [6, 6.07) is 7.61. The van der Waals surface area contributed by atoms with Crippen molar-refractivity contribution < 1.29 is 13.6 Å². The van der Waals surface area contributed by atoms with Crippen molar-refractivity contribution in [1.82, 2.24) is 15.1 Å². The quantitative estimate of drug-likeness (QED) is 0.636. The molecule has 0 aromatic carbocycles. The van der Waals surface area contributed by atoms with E-state index in [2.05, 4.69) is 15.1 Å². The molecular formula is C17H17N3O3S. The summed E-state index contributed by atoms with van der Waals surface area (Å²) < 4.78 is 10.9. The van der Waals surface area contributed by atoms with Crippen molar-refractivity contribution in [3.05, 3.63) is 46.7 Å². The van der Waals surface area contributed by atoms with Crippen molar-refractivity contribution in [1.29, 1.82) is 0 Å². The van der Waals surface area contributed by atoms with E-state index in [9.17, 15) is 4.79 Å². The normalized spacial score (nSPS) is 18.2. The van der Waals surface area contributed by atoms with E-state index in [4.69, 9.17) is 8.83 Å². The van der Waals surface area contributed by atoms with Crippen molar-refractivity contribution in [3.8, 4) is 11.7 Å². The van der Waals surface area contributed by atoms with Crippen molar-refractivity contribution in [2.24, 2.45) is 0 Å². The monoisotopic (exact) mass is 343 g/mol. The molecular weight excluding hydrogens is 326 g/mol. The number of Topliss-reactive ketones (excluding diaryl/α,β-unsaturated/α-hetero) is 1. The smallest absolute Gasteiger partial charge is 0.283 e. The molecule has 4 rings (SSSR count). The van der Waals surface area contributed by atoms with Crippen LogP contribution in [0.15, 0.2) is 44.7 Å². The lowest BCUT2D eigenvalue weighted by Gasteiger charge is -2.21. The maximum atomic E-state index is 12.3. The predicted molar refractivity (Wildman–Crippen MR) is 88.7 cm³/mol. The number of hydrogen-bond acceptors (Lipinski definition) is 7. The summed E-state index contributed by atoms with van der Waals surface area (Å²) in [7, 11) is 0. The highest BCUT2D eigenvalue weighted by Crippen LogP contribution is 2.26. The summed E-state index contributed by atoms with van der Waals surface area (Å²) >= 11 is 1.50. The highest BCUT2D eigenvalue weighted by atomic mass is 32.1. The van der Waals surface area contributed by atoms with Gasteiger partial charge in [0.25, 0.3) is 5.89 Å². The van der Waals surface area contributed by atoms with Crippen LogP contribution in [-0.2, 0) is 6.54 Å². The van der Waals surface area contributed by atoms with Gasteiger partial charge in [0.05, 0.1) is 17.7 Å². The molecule has 1 unspecified atom stereocenters. The SMILES string of the molecule is O=C(CC1CCCN1Cc1nnc(-c2ccco2)o1)c1cccs1. The Morgan fingerprint density at radius 2 is 2.29 bits per heavy atom. The first-order chi connectivity index (χ1) is 11.8. The summed E-state index contributed by atoms with van der Waals surface area (Å²) in [5, 5.41) is 10.1. The number of nitrogens with zero attached hydrogens (tertiary/aromatic N) is 3. The van der Waals surface area contributed by atoms with Gasteiger partial charge < -0.3 is 8.83 Å². The Bertz CT molecular complexity index is 795. The molecule has 124 valence electrons. The second-order valence-electron chi connectivity index (χ2n) is 5.85. The third-order valence-corrected chi connectivity index (χ3v) is 5.16. The Hall–Kier alpha value is -2.25. The molecule has 6 nitrogen and oxygen atoms in total.